The van der Waals surface area contributed by atoms with Gasteiger partial charge in [0.05, 0.1) is 6.61 Å². The summed E-state index contributed by atoms with van der Waals surface area (Å²) in [6.45, 7) is 8.50. The van der Waals surface area contributed by atoms with Crippen molar-refractivity contribution in [2.75, 3.05) is 13.2 Å². The van der Waals surface area contributed by atoms with E-state index in [2.05, 4.69) is 31.4 Å². The van der Waals surface area contributed by atoms with Gasteiger partial charge in [-0.2, -0.15) is 0 Å². The van der Waals surface area contributed by atoms with E-state index in [9.17, 15) is 0 Å². The van der Waals surface area contributed by atoms with Crippen molar-refractivity contribution in [2.24, 2.45) is 0 Å². The Morgan fingerprint density at radius 2 is 2.00 bits per heavy atom. The van der Waals surface area contributed by atoms with E-state index in [1.165, 1.54) is 19.3 Å². The van der Waals surface area contributed by atoms with E-state index in [-0.39, 0.29) is 11.3 Å². The molecule has 0 aliphatic carbocycles. The van der Waals surface area contributed by atoms with Crippen molar-refractivity contribution in [3.63, 3.8) is 0 Å². The molecule has 0 amide bonds. The molecule has 2 fully saturated rings. The van der Waals surface area contributed by atoms with E-state index in [4.69, 9.17) is 4.74 Å². The monoisotopic (exact) mass is 198 g/mol. The first-order chi connectivity index (χ1) is 6.52. The van der Waals surface area contributed by atoms with Gasteiger partial charge in [-0.3, -0.25) is 5.32 Å². The van der Waals surface area contributed by atoms with E-state index in [1.807, 2.05) is 0 Å². The molecule has 2 unspecified atom stereocenters. The van der Waals surface area contributed by atoms with Gasteiger partial charge in [-0.1, -0.05) is 6.42 Å². The summed E-state index contributed by atoms with van der Waals surface area (Å²) in [5, 5.41) is 7.14. The zero-order valence-electron chi connectivity index (χ0n) is 9.52. The highest BCUT2D eigenvalue weighted by molar-refractivity contribution is 4.99. The lowest BCUT2D eigenvalue weighted by Gasteiger charge is -2.37. The van der Waals surface area contributed by atoms with Crippen molar-refractivity contribution in [1.82, 2.24) is 10.6 Å². The van der Waals surface area contributed by atoms with Crippen LogP contribution in [0.25, 0.3) is 0 Å². The molecule has 0 saturated carbocycles. The molecular weight excluding hydrogens is 176 g/mol. The third kappa shape index (κ3) is 1.95. The molecule has 0 aromatic heterocycles. The highest BCUT2D eigenvalue weighted by Crippen LogP contribution is 2.29. The van der Waals surface area contributed by atoms with Gasteiger partial charge < -0.3 is 10.1 Å². The molecule has 0 radical (unpaired) electrons. The molecule has 0 spiro atoms. The van der Waals surface area contributed by atoms with Crippen LogP contribution in [0.2, 0.25) is 0 Å². The minimum Gasteiger partial charge on any atom is -0.357 e. The Labute approximate surface area is 86.6 Å². The van der Waals surface area contributed by atoms with Crippen molar-refractivity contribution in [1.29, 1.82) is 0 Å². The van der Waals surface area contributed by atoms with Crippen LogP contribution >= 0.6 is 0 Å². The van der Waals surface area contributed by atoms with Crippen LogP contribution in [-0.2, 0) is 4.74 Å². The van der Waals surface area contributed by atoms with Gasteiger partial charge in [0.25, 0.3) is 0 Å². The maximum atomic E-state index is 5.92. The van der Waals surface area contributed by atoms with Crippen LogP contribution in [0, 0.1) is 0 Å². The predicted octanol–water partition coefficient (Wildman–Crippen LogP) is 1.24. The molecule has 14 heavy (non-hydrogen) atoms. The van der Waals surface area contributed by atoms with Crippen LogP contribution in [0.4, 0.5) is 0 Å². The maximum Gasteiger partial charge on any atom is 0.132 e. The van der Waals surface area contributed by atoms with E-state index in [1.54, 1.807) is 0 Å². The summed E-state index contributed by atoms with van der Waals surface area (Å²) in [5.41, 5.74) is -0.0439. The summed E-state index contributed by atoms with van der Waals surface area (Å²) in [7, 11) is 0. The molecule has 2 atom stereocenters. The topological polar surface area (TPSA) is 33.3 Å². The van der Waals surface area contributed by atoms with Gasteiger partial charge in [-0.05, 0) is 40.2 Å². The fraction of sp³-hybridized carbons (Fsp3) is 1.00. The summed E-state index contributed by atoms with van der Waals surface area (Å²) in [6.07, 6.45) is 3.84. The van der Waals surface area contributed by atoms with Crippen LogP contribution in [0.15, 0.2) is 0 Å². The van der Waals surface area contributed by atoms with Gasteiger partial charge in [0, 0.05) is 11.6 Å². The Kier molecular flexibility index (Phi) is 2.58. The van der Waals surface area contributed by atoms with Gasteiger partial charge in [0.1, 0.15) is 5.72 Å². The second-order valence-corrected chi connectivity index (χ2v) is 5.41. The fourth-order valence-corrected chi connectivity index (χ4v) is 2.58. The zero-order chi connectivity index (χ0) is 10.2. The Balaban J connectivity index is 2.01. The van der Waals surface area contributed by atoms with Gasteiger partial charge >= 0.3 is 0 Å². The first-order valence-electron chi connectivity index (χ1n) is 5.69. The van der Waals surface area contributed by atoms with Crippen molar-refractivity contribution in [3.8, 4) is 0 Å². The summed E-state index contributed by atoms with van der Waals surface area (Å²) in [6, 6.07) is 0.470. The molecule has 2 N–H and O–H groups in total. The normalized spacial score (nSPS) is 42.6. The van der Waals surface area contributed by atoms with Gasteiger partial charge in [0.15, 0.2) is 0 Å². The molecule has 82 valence electrons. The van der Waals surface area contributed by atoms with Crippen molar-refractivity contribution in [2.45, 2.75) is 57.3 Å². The molecule has 0 bridgehead atoms. The van der Waals surface area contributed by atoms with E-state index >= 15 is 0 Å². The Bertz CT molecular complexity index is 211. The lowest BCUT2D eigenvalue weighted by molar-refractivity contribution is -0.0320. The van der Waals surface area contributed by atoms with Crippen LogP contribution in [0.5, 0.6) is 0 Å². The van der Waals surface area contributed by atoms with Crippen LogP contribution in [-0.4, -0.2) is 30.5 Å². The van der Waals surface area contributed by atoms with Gasteiger partial charge in [-0.25, -0.2) is 0 Å². The minimum atomic E-state index is -0.163. The SMILES string of the molecule is CC1(C)COC(C)(C2CCCCN2)N1. The smallest absolute Gasteiger partial charge is 0.132 e. The van der Waals surface area contributed by atoms with Crippen molar-refractivity contribution < 1.29 is 4.74 Å². The minimum absolute atomic E-state index is 0.119. The summed E-state index contributed by atoms with van der Waals surface area (Å²) >= 11 is 0. The van der Waals surface area contributed by atoms with Crippen LogP contribution < -0.4 is 10.6 Å². The van der Waals surface area contributed by atoms with Crippen molar-refractivity contribution >= 4 is 0 Å². The third-order valence-corrected chi connectivity index (χ3v) is 3.29. The fourth-order valence-electron chi connectivity index (χ4n) is 2.58. The molecule has 2 aliphatic heterocycles. The molecule has 3 heteroatoms. The summed E-state index contributed by atoms with van der Waals surface area (Å²) in [4.78, 5) is 0. The largest absolute Gasteiger partial charge is 0.357 e. The molecule has 3 nitrogen and oxygen atoms in total. The molecule has 2 aliphatic rings. The lowest BCUT2D eigenvalue weighted by Crippen LogP contribution is -2.59. The third-order valence-electron chi connectivity index (χ3n) is 3.29. The molecular formula is C11H22N2O. The quantitative estimate of drug-likeness (QED) is 0.665. The zero-order valence-corrected chi connectivity index (χ0v) is 9.52. The number of ether oxygens (including phenoxy) is 1. The van der Waals surface area contributed by atoms with Gasteiger partial charge in [0.2, 0.25) is 0 Å². The Hall–Kier alpha value is -0.120. The van der Waals surface area contributed by atoms with E-state index in [0.717, 1.165) is 13.2 Å². The second-order valence-electron chi connectivity index (χ2n) is 5.41. The summed E-state index contributed by atoms with van der Waals surface area (Å²) in [5.74, 6) is 0. The standard InChI is InChI=1S/C11H22N2O/c1-10(2)8-14-11(3,13-10)9-6-4-5-7-12-9/h9,12-13H,4-8H2,1-3H3. The molecule has 2 rings (SSSR count). The highest BCUT2D eigenvalue weighted by atomic mass is 16.5. The molecule has 2 heterocycles. The highest BCUT2D eigenvalue weighted by Gasteiger charge is 2.45. The number of rotatable bonds is 1. The second kappa shape index (κ2) is 3.47. The predicted molar refractivity (Wildman–Crippen MR) is 57.2 cm³/mol. The average Bonchev–Trinajstić information content (AvgIpc) is 2.44. The molecule has 0 aromatic carbocycles. The first kappa shape index (κ1) is 10.4. The average molecular weight is 198 g/mol. The summed E-state index contributed by atoms with van der Waals surface area (Å²) < 4.78 is 5.92. The first-order valence-corrected chi connectivity index (χ1v) is 5.69. The molecule has 0 aromatic rings. The lowest BCUT2D eigenvalue weighted by atomic mass is 9.95. The molecule has 2 saturated heterocycles. The number of hydrogen-bond donors (Lipinski definition) is 2. The van der Waals surface area contributed by atoms with E-state index < -0.39 is 0 Å². The van der Waals surface area contributed by atoms with Gasteiger partial charge in [-0.15, -0.1) is 0 Å². The van der Waals surface area contributed by atoms with Crippen LogP contribution in [0.1, 0.15) is 40.0 Å². The number of piperidine rings is 1. The number of hydrogen-bond acceptors (Lipinski definition) is 3. The van der Waals surface area contributed by atoms with Crippen molar-refractivity contribution in [3.05, 3.63) is 0 Å². The van der Waals surface area contributed by atoms with Crippen LogP contribution in [0.3, 0.4) is 0 Å². The van der Waals surface area contributed by atoms with E-state index in [0.29, 0.717) is 6.04 Å². The maximum absolute atomic E-state index is 5.92. The number of nitrogens with one attached hydrogen (secondary N) is 2. The Morgan fingerprint density at radius 3 is 2.50 bits per heavy atom. The Morgan fingerprint density at radius 1 is 1.21 bits per heavy atom.